The number of benzene rings is 3. The van der Waals surface area contributed by atoms with E-state index in [0.29, 0.717) is 11.1 Å². The molecule has 0 aliphatic rings. The summed E-state index contributed by atoms with van der Waals surface area (Å²) in [5, 5.41) is 17.4. The number of hydrogen-bond acceptors (Lipinski definition) is 2. The fourth-order valence-corrected chi connectivity index (χ4v) is 1.97. The van der Waals surface area contributed by atoms with Gasteiger partial charge in [0.25, 0.3) is 0 Å². The zero-order valence-corrected chi connectivity index (χ0v) is 16.7. The molecule has 3 aromatic rings. The molecule has 0 amide bonds. The third-order valence-corrected chi connectivity index (χ3v) is 3.45. The summed E-state index contributed by atoms with van der Waals surface area (Å²) in [4.78, 5) is 0. The van der Waals surface area contributed by atoms with Gasteiger partial charge in [-0.3, -0.25) is 0 Å². The number of aryl methyl sites for hydroxylation is 1. The molecule has 0 saturated carbocycles. The van der Waals surface area contributed by atoms with E-state index in [1.807, 2.05) is 54.6 Å². The van der Waals surface area contributed by atoms with Crippen LogP contribution in [0.15, 0.2) is 91.0 Å². The zero-order chi connectivity index (χ0) is 18.5. The van der Waals surface area contributed by atoms with Crippen LogP contribution in [-0.4, -0.2) is 20.3 Å². The highest BCUT2D eigenvalue weighted by atomic mass is 35.5. The Hall–Kier alpha value is -2.27. The summed E-state index contributed by atoms with van der Waals surface area (Å²) < 4.78 is 0. The van der Waals surface area contributed by atoms with Crippen LogP contribution in [0.3, 0.4) is 0 Å². The van der Waals surface area contributed by atoms with Gasteiger partial charge in [-0.2, -0.15) is 0 Å². The van der Waals surface area contributed by atoms with Crippen LogP contribution in [0.25, 0.3) is 0 Å². The second-order valence-electron chi connectivity index (χ2n) is 5.00. The van der Waals surface area contributed by atoms with Crippen molar-refractivity contribution in [2.75, 3.05) is 0 Å². The second-order valence-corrected chi connectivity index (χ2v) is 5.77. The van der Waals surface area contributed by atoms with E-state index >= 15 is 0 Å². The SMILES string of the molecule is Cc1ccccc1.Cl.OC(=S)c1ccccc1.OC(=S)c1ccccc1. The van der Waals surface area contributed by atoms with E-state index in [2.05, 4.69) is 43.5 Å². The zero-order valence-electron chi connectivity index (χ0n) is 14.3. The van der Waals surface area contributed by atoms with Crippen molar-refractivity contribution in [3.8, 4) is 0 Å². The molecule has 0 aromatic heterocycles. The van der Waals surface area contributed by atoms with Gasteiger partial charge in [-0.1, -0.05) is 96.6 Å². The molecule has 0 aliphatic heterocycles. The molecule has 0 atom stereocenters. The molecule has 5 heteroatoms. The molecule has 0 radical (unpaired) electrons. The lowest BCUT2D eigenvalue weighted by Gasteiger charge is -1.91. The average molecular weight is 405 g/mol. The van der Waals surface area contributed by atoms with Crippen molar-refractivity contribution in [3.63, 3.8) is 0 Å². The van der Waals surface area contributed by atoms with Crippen LogP contribution in [-0.2, 0) is 0 Å². The van der Waals surface area contributed by atoms with Gasteiger partial charge in [-0.15, -0.1) is 12.4 Å². The van der Waals surface area contributed by atoms with Crippen LogP contribution in [0.2, 0.25) is 0 Å². The minimum absolute atomic E-state index is 0. The highest BCUT2D eigenvalue weighted by molar-refractivity contribution is 7.80. The molecule has 3 rings (SSSR count). The highest BCUT2D eigenvalue weighted by Crippen LogP contribution is 1.98. The second kappa shape index (κ2) is 14.0. The monoisotopic (exact) mass is 404 g/mol. The third-order valence-electron chi connectivity index (χ3n) is 2.98. The smallest absolute Gasteiger partial charge is 0.188 e. The Labute approximate surface area is 171 Å². The van der Waals surface area contributed by atoms with Gasteiger partial charge in [0.2, 0.25) is 0 Å². The Bertz CT molecular complexity index is 714. The number of aliphatic hydroxyl groups is 2. The maximum absolute atomic E-state index is 8.76. The van der Waals surface area contributed by atoms with E-state index in [9.17, 15) is 0 Å². The van der Waals surface area contributed by atoms with Gasteiger partial charge in [0.15, 0.2) is 10.1 Å². The topological polar surface area (TPSA) is 40.5 Å². The quantitative estimate of drug-likeness (QED) is 0.494. The molecule has 136 valence electrons. The van der Waals surface area contributed by atoms with Gasteiger partial charge in [0.05, 0.1) is 0 Å². The first kappa shape index (κ1) is 23.7. The van der Waals surface area contributed by atoms with Crippen molar-refractivity contribution in [1.82, 2.24) is 0 Å². The lowest BCUT2D eigenvalue weighted by atomic mass is 10.2. The van der Waals surface area contributed by atoms with Crippen LogP contribution in [0.1, 0.15) is 16.7 Å². The van der Waals surface area contributed by atoms with E-state index in [4.69, 9.17) is 10.2 Å². The van der Waals surface area contributed by atoms with Crippen LogP contribution in [0.4, 0.5) is 0 Å². The molecule has 3 aromatic carbocycles. The van der Waals surface area contributed by atoms with Gasteiger partial charge in [-0.05, 0) is 31.4 Å². The maximum atomic E-state index is 8.76. The maximum Gasteiger partial charge on any atom is 0.188 e. The largest absolute Gasteiger partial charge is 0.499 e. The van der Waals surface area contributed by atoms with Crippen LogP contribution < -0.4 is 0 Å². The van der Waals surface area contributed by atoms with Crippen LogP contribution in [0.5, 0.6) is 0 Å². The summed E-state index contributed by atoms with van der Waals surface area (Å²) in [5.41, 5.74) is 2.72. The lowest BCUT2D eigenvalue weighted by Crippen LogP contribution is -1.91. The predicted octanol–water partition coefficient (Wildman–Crippen LogP) is 6.26. The van der Waals surface area contributed by atoms with Crippen molar-refractivity contribution >= 4 is 46.9 Å². The van der Waals surface area contributed by atoms with Crippen molar-refractivity contribution < 1.29 is 10.2 Å². The van der Waals surface area contributed by atoms with Crippen molar-refractivity contribution in [1.29, 1.82) is 0 Å². The summed E-state index contributed by atoms with van der Waals surface area (Å²) in [6.07, 6.45) is 0. The first-order valence-electron chi connectivity index (χ1n) is 7.59. The van der Waals surface area contributed by atoms with Crippen LogP contribution >= 0.6 is 36.8 Å². The normalized spacial score (nSPS) is 8.50. The van der Waals surface area contributed by atoms with E-state index in [1.165, 1.54) is 5.56 Å². The summed E-state index contributed by atoms with van der Waals surface area (Å²) in [6, 6.07) is 28.4. The van der Waals surface area contributed by atoms with Gasteiger partial charge in [-0.25, -0.2) is 0 Å². The number of aliphatic hydroxyl groups excluding tert-OH is 2. The molecule has 2 nitrogen and oxygen atoms in total. The Kier molecular flexibility index (Phi) is 12.7. The molecule has 26 heavy (non-hydrogen) atoms. The number of thiocarbonyl (C=S) groups is 2. The fraction of sp³-hybridized carbons (Fsp3) is 0.0476. The minimum atomic E-state index is -0.0457. The Morgan fingerprint density at radius 3 is 1.00 bits per heavy atom. The van der Waals surface area contributed by atoms with Gasteiger partial charge in [0.1, 0.15) is 0 Å². The van der Waals surface area contributed by atoms with Crippen LogP contribution in [0, 0.1) is 6.92 Å². The fourth-order valence-electron chi connectivity index (χ4n) is 1.70. The van der Waals surface area contributed by atoms with Gasteiger partial charge >= 0.3 is 0 Å². The molecule has 0 unspecified atom stereocenters. The molecule has 0 spiro atoms. The molecule has 0 heterocycles. The van der Waals surface area contributed by atoms with E-state index in [-0.39, 0.29) is 22.5 Å². The van der Waals surface area contributed by atoms with E-state index < -0.39 is 0 Å². The molecular weight excluding hydrogens is 384 g/mol. The van der Waals surface area contributed by atoms with Gasteiger partial charge < -0.3 is 10.2 Å². The summed E-state index contributed by atoms with van der Waals surface area (Å²) >= 11 is 9.04. The van der Waals surface area contributed by atoms with E-state index in [0.717, 1.165) is 0 Å². The lowest BCUT2D eigenvalue weighted by molar-refractivity contribution is 0.570. The predicted molar refractivity (Wildman–Crippen MR) is 120 cm³/mol. The summed E-state index contributed by atoms with van der Waals surface area (Å²) in [5.74, 6) is 0. The summed E-state index contributed by atoms with van der Waals surface area (Å²) in [6.45, 7) is 2.08. The Morgan fingerprint density at radius 1 is 0.577 bits per heavy atom. The highest BCUT2D eigenvalue weighted by Gasteiger charge is 1.92. The average Bonchev–Trinajstić information content (AvgIpc) is 2.65. The Morgan fingerprint density at radius 2 is 0.846 bits per heavy atom. The molecular formula is C21H21ClO2S2. The third kappa shape index (κ3) is 10.6. The number of halogens is 1. The van der Waals surface area contributed by atoms with Crippen molar-refractivity contribution in [2.24, 2.45) is 0 Å². The number of rotatable bonds is 2. The molecule has 0 saturated heterocycles. The van der Waals surface area contributed by atoms with Crippen molar-refractivity contribution in [3.05, 3.63) is 108 Å². The van der Waals surface area contributed by atoms with Crippen molar-refractivity contribution in [2.45, 2.75) is 6.92 Å². The number of hydrogen-bond donors (Lipinski definition) is 2. The summed E-state index contributed by atoms with van der Waals surface area (Å²) in [7, 11) is 0. The van der Waals surface area contributed by atoms with Gasteiger partial charge in [0, 0.05) is 11.1 Å². The van der Waals surface area contributed by atoms with E-state index in [1.54, 1.807) is 24.3 Å². The molecule has 2 N–H and O–H groups in total. The first-order chi connectivity index (χ1) is 12.0. The standard InChI is InChI=1S/2C7H6OS.C7H8.ClH/c2*8-7(9)6-4-2-1-3-5-6;1-7-5-3-2-4-6-7;/h2*1-5H,(H,8,9);2-6H,1H3;1H. The minimum Gasteiger partial charge on any atom is -0.499 e. The first-order valence-corrected chi connectivity index (χ1v) is 8.40. The molecule has 0 aliphatic carbocycles. The molecule has 0 fully saturated rings. The Balaban J connectivity index is 0.000000357. The molecule has 0 bridgehead atoms.